The van der Waals surface area contributed by atoms with Crippen molar-refractivity contribution < 1.29 is 4.79 Å². The molecular formula is C16H22N2O. The van der Waals surface area contributed by atoms with E-state index in [1.807, 2.05) is 4.90 Å². The van der Waals surface area contributed by atoms with E-state index in [0.717, 1.165) is 32.5 Å². The predicted molar refractivity (Wildman–Crippen MR) is 77.4 cm³/mol. The molecule has 3 rings (SSSR count). The van der Waals surface area contributed by atoms with Gasteiger partial charge in [0.2, 0.25) is 5.91 Å². The van der Waals surface area contributed by atoms with E-state index in [0.29, 0.717) is 12.3 Å². The van der Waals surface area contributed by atoms with Gasteiger partial charge in [0.15, 0.2) is 0 Å². The maximum Gasteiger partial charge on any atom is 0.222 e. The summed E-state index contributed by atoms with van der Waals surface area (Å²) >= 11 is 0. The average molecular weight is 258 g/mol. The monoisotopic (exact) mass is 258 g/mol. The molecule has 1 fully saturated rings. The third-order valence-corrected chi connectivity index (χ3v) is 4.25. The van der Waals surface area contributed by atoms with Gasteiger partial charge in [-0.1, -0.05) is 18.2 Å². The molecule has 102 valence electrons. The molecule has 1 saturated heterocycles. The average Bonchev–Trinajstić information content (AvgIpc) is 2.94. The van der Waals surface area contributed by atoms with Gasteiger partial charge in [-0.2, -0.15) is 0 Å². The lowest BCUT2D eigenvalue weighted by Gasteiger charge is -2.26. The second-order valence-corrected chi connectivity index (χ2v) is 5.57. The van der Waals surface area contributed by atoms with Crippen LogP contribution in [0.4, 0.5) is 5.69 Å². The van der Waals surface area contributed by atoms with Crippen molar-refractivity contribution in [2.75, 3.05) is 25.0 Å². The van der Waals surface area contributed by atoms with Crippen LogP contribution >= 0.6 is 0 Å². The number of carbonyl (C=O) groups excluding carboxylic acids is 1. The summed E-state index contributed by atoms with van der Waals surface area (Å²) in [5.41, 5.74) is 4.00. The maximum atomic E-state index is 12.2. The van der Waals surface area contributed by atoms with Gasteiger partial charge in [0.1, 0.15) is 0 Å². The van der Waals surface area contributed by atoms with Gasteiger partial charge in [0.25, 0.3) is 0 Å². The van der Waals surface area contributed by atoms with E-state index in [4.69, 9.17) is 0 Å². The zero-order valence-corrected chi connectivity index (χ0v) is 11.5. The van der Waals surface area contributed by atoms with Crippen LogP contribution in [0.5, 0.6) is 0 Å². The van der Waals surface area contributed by atoms with Gasteiger partial charge >= 0.3 is 0 Å². The smallest absolute Gasteiger partial charge is 0.222 e. The number of rotatable bonds is 3. The molecule has 0 radical (unpaired) electrons. The van der Waals surface area contributed by atoms with Crippen LogP contribution in [0, 0.1) is 0 Å². The number of para-hydroxylation sites is 1. The molecule has 0 aliphatic carbocycles. The molecule has 1 N–H and O–H groups in total. The third kappa shape index (κ3) is 2.75. The number of likely N-dealkylation sites (tertiary alicyclic amines) is 1. The third-order valence-electron chi connectivity index (χ3n) is 4.25. The molecule has 1 aromatic rings. The first-order valence-corrected chi connectivity index (χ1v) is 7.47. The van der Waals surface area contributed by atoms with Crippen molar-refractivity contribution in [1.82, 2.24) is 4.90 Å². The predicted octanol–water partition coefficient (Wildman–Crippen LogP) is 2.60. The first-order chi connectivity index (χ1) is 9.34. The van der Waals surface area contributed by atoms with Crippen molar-refractivity contribution in [3.63, 3.8) is 0 Å². The minimum absolute atomic E-state index is 0.329. The van der Waals surface area contributed by atoms with Gasteiger partial charge in [-0.15, -0.1) is 0 Å². The van der Waals surface area contributed by atoms with Crippen molar-refractivity contribution in [3.8, 4) is 0 Å². The lowest BCUT2D eigenvalue weighted by atomic mass is 10.0. The van der Waals surface area contributed by atoms with E-state index in [2.05, 4.69) is 23.5 Å². The van der Waals surface area contributed by atoms with Crippen molar-refractivity contribution >= 4 is 11.6 Å². The van der Waals surface area contributed by atoms with E-state index < -0.39 is 0 Å². The minimum atomic E-state index is 0.329. The summed E-state index contributed by atoms with van der Waals surface area (Å²) in [5.74, 6) is 0.329. The molecule has 3 nitrogen and oxygen atoms in total. The molecule has 0 atom stereocenters. The van der Waals surface area contributed by atoms with Gasteiger partial charge < -0.3 is 10.2 Å². The Morgan fingerprint density at radius 3 is 2.89 bits per heavy atom. The van der Waals surface area contributed by atoms with Gasteiger partial charge in [-0.3, -0.25) is 4.79 Å². The molecule has 2 aliphatic heterocycles. The lowest BCUT2D eigenvalue weighted by molar-refractivity contribution is -0.132. The SMILES string of the molecule is O=C(CCc1cccc2c1NCC2)N1CCCCC1. The molecule has 0 unspecified atom stereocenters. The van der Waals surface area contributed by atoms with Crippen molar-refractivity contribution in [2.24, 2.45) is 0 Å². The van der Waals surface area contributed by atoms with Gasteiger partial charge in [0.05, 0.1) is 0 Å². The van der Waals surface area contributed by atoms with Crippen molar-refractivity contribution in [2.45, 2.75) is 38.5 Å². The van der Waals surface area contributed by atoms with Crippen LogP contribution in [0.15, 0.2) is 18.2 Å². The Bertz CT molecular complexity index is 464. The Labute approximate surface area is 115 Å². The summed E-state index contributed by atoms with van der Waals surface area (Å²) in [7, 11) is 0. The number of amides is 1. The molecule has 3 heteroatoms. The topological polar surface area (TPSA) is 32.3 Å². The zero-order chi connectivity index (χ0) is 13.1. The van der Waals surface area contributed by atoms with Crippen LogP contribution in [-0.2, 0) is 17.6 Å². The minimum Gasteiger partial charge on any atom is -0.384 e. The number of fused-ring (bicyclic) bond motifs is 1. The Morgan fingerprint density at radius 2 is 2.05 bits per heavy atom. The standard InChI is InChI=1S/C16H22N2O/c19-15(18-11-2-1-3-12-18)8-7-13-5-4-6-14-9-10-17-16(13)14/h4-6,17H,1-3,7-12H2. The van der Waals surface area contributed by atoms with E-state index in [9.17, 15) is 4.79 Å². The number of nitrogens with one attached hydrogen (secondary N) is 1. The molecule has 0 aromatic heterocycles. The van der Waals surface area contributed by atoms with E-state index in [1.165, 1.54) is 36.1 Å². The van der Waals surface area contributed by atoms with E-state index in [-0.39, 0.29) is 0 Å². The zero-order valence-electron chi connectivity index (χ0n) is 11.5. The van der Waals surface area contributed by atoms with E-state index in [1.54, 1.807) is 0 Å². The Hall–Kier alpha value is -1.51. The van der Waals surface area contributed by atoms with Crippen LogP contribution in [-0.4, -0.2) is 30.4 Å². The van der Waals surface area contributed by atoms with Crippen molar-refractivity contribution in [1.29, 1.82) is 0 Å². The first-order valence-electron chi connectivity index (χ1n) is 7.47. The number of nitrogens with zero attached hydrogens (tertiary/aromatic N) is 1. The Morgan fingerprint density at radius 1 is 1.21 bits per heavy atom. The normalized spacial score (nSPS) is 18.0. The highest BCUT2D eigenvalue weighted by Gasteiger charge is 2.18. The summed E-state index contributed by atoms with van der Waals surface area (Å²) < 4.78 is 0. The van der Waals surface area contributed by atoms with Gasteiger partial charge in [-0.05, 0) is 43.2 Å². The number of hydrogen-bond donors (Lipinski definition) is 1. The molecule has 0 spiro atoms. The summed E-state index contributed by atoms with van der Waals surface area (Å²) in [4.78, 5) is 14.2. The molecule has 0 saturated carbocycles. The molecule has 2 heterocycles. The Kier molecular flexibility index (Phi) is 3.72. The number of aryl methyl sites for hydroxylation is 1. The fraction of sp³-hybridized carbons (Fsp3) is 0.562. The lowest BCUT2D eigenvalue weighted by Crippen LogP contribution is -2.35. The highest BCUT2D eigenvalue weighted by molar-refractivity contribution is 5.77. The molecule has 1 amide bonds. The first kappa shape index (κ1) is 12.5. The van der Waals surface area contributed by atoms with Gasteiger partial charge in [-0.25, -0.2) is 0 Å². The highest BCUT2D eigenvalue weighted by atomic mass is 16.2. The largest absolute Gasteiger partial charge is 0.384 e. The number of anilines is 1. The van der Waals surface area contributed by atoms with Crippen molar-refractivity contribution in [3.05, 3.63) is 29.3 Å². The molecule has 2 aliphatic rings. The van der Waals surface area contributed by atoms with Crippen LogP contribution in [0.3, 0.4) is 0 Å². The number of piperidine rings is 1. The Balaban J connectivity index is 1.60. The summed E-state index contributed by atoms with van der Waals surface area (Å²) in [6.45, 7) is 2.96. The quantitative estimate of drug-likeness (QED) is 0.904. The number of hydrogen-bond acceptors (Lipinski definition) is 2. The molecule has 19 heavy (non-hydrogen) atoms. The fourth-order valence-electron chi connectivity index (χ4n) is 3.16. The van der Waals surface area contributed by atoms with Gasteiger partial charge in [0, 0.05) is 31.7 Å². The summed E-state index contributed by atoms with van der Waals surface area (Å²) in [6, 6.07) is 6.46. The second-order valence-electron chi connectivity index (χ2n) is 5.57. The fourth-order valence-corrected chi connectivity index (χ4v) is 3.16. The van der Waals surface area contributed by atoms with Crippen LogP contribution < -0.4 is 5.32 Å². The molecule has 1 aromatic carbocycles. The summed E-state index contributed by atoms with van der Waals surface area (Å²) in [5, 5.41) is 3.45. The molecule has 0 bridgehead atoms. The van der Waals surface area contributed by atoms with Crippen LogP contribution in [0.1, 0.15) is 36.8 Å². The second kappa shape index (κ2) is 5.64. The number of carbonyl (C=O) groups is 1. The molecular weight excluding hydrogens is 236 g/mol. The maximum absolute atomic E-state index is 12.2. The van der Waals surface area contributed by atoms with E-state index >= 15 is 0 Å². The summed E-state index contributed by atoms with van der Waals surface area (Å²) in [6.07, 6.45) is 6.26. The number of benzene rings is 1. The van der Waals surface area contributed by atoms with Crippen LogP contribution in [0.2, 0.25) is 0 Å². The highest BCUT2D eigenvalue weighted by Crippen LogP contribution is 2.27. The van der Waals surface area contributed by atoms with Crippen LogP contribution in [0.25, 0.3) is 0 Å².